The zero-order chi connectivity index (χ0) is 13.7. The van der Waals surface area contributed by atoms with Gasteiger partial charge in [0.05, 0.1) is 17.2 Å². The van der Waals surface area contributed by atoms with Gasteiger partial charge in [-0.1, -0.05) is 17.4 Å². The third-order valence-corrected chi connectivity index (χ3v) is 2.38. The summed E-state index contributed by atoms with van der Waals surface area (Å²) in [5.41, 5.74) is 6.63. The molecule has 1 aromatic heterocycles. The van der Waals surface area contributed by atoms with Crippen molar-refractivity contribution in [1.29, 1.82) is 0 Å². The molecule has 0 spiro atoms. The molecule has 0 aliphatic rings. The molecule has 0 unspecified atom stereocenters. The van der Waals surface area contributed by atoms with E-state index in [1.165, 1.54) is 0 Å². The number of amides is 2. The molecule has 0 atom stereocenters. The van der Waals surface area contributed by atoms with Gasteiger partial charge in [0.1, 0.15) is 5.76 Å². The van der Waals surface area contributed by atoms with Gasteiger partial charge in [-0.15, -0.1) is 0 Å². The fraction of sp³-hybridized carbons (Fsp3) is 0.400. The molecule has 7 nitrogen and oxygen atoms in total. The molecule has 18 heavy (non-hydrogen) atoms. The maximum atomic E-state index is 11.4. The minimum absolute atomic E-state index is 0.00704. The van der Waals surface area contributed by atoms with Gasteiger partial charge >= 0.3 is 11.8 Å². The maximum Gasteiger partial charge on any atom is 0.309 e. The Bertz CT molecular complexity index is 464. The van der Waals surface area contributed by atoms with Gasteiger partial charge in [-0.05, 0) is 13.8 Å². The smallest absolute Gasteiger partial charge is 0.309 e. The lowest BCUT2D eigenvalue weighted by molar-refractivity contribution is -0.139. The number of carbonyl (C=O) groups excluding carboxylic acids is 2. The van der Waals surface area contributed by atoms with E-state index < -0.39 is 11.8 Å². The van der Waals surface area contributed by atoms with Crippen molar-refractivity contribution in [2.75, 3.05) is 6.54 Å². The first kappa shape index (κ1) is 14.1. The van der Waals surface area contributed by atoms with Crippen molar-refractivity contribution in [3.05, 3.63) is 17.0 Å². The van der Waals surface area contributed by atoms with Crippen molar-refractivity contribution < 1.29 is 14.1 Å². The summed E-state index contributed by atoms with van der Waals surface area (Å²) in [6, 6.07) is 0. The van der Waals surface area contributed by atoms with Crippen LogP contribution in [0.15, 0.2) is 4.52 Å². The minimum atomic E-state index is -0.783. The van der Waals surface area contributed by atoms with E-state index in [0.29, 0.717) is 11.5 Å². The van der Waals surface area contributed by atoms with E-state index in [-0.39, 0.29) is 18.1 Å². The van der Waals surface area contributed by atoms with Crippen molar-refractivity contribution in [2.24, 2.45) is 5.73 Å². The molecule has 1 rings (SSSR count). The Hall–Kier alpha value is -1.96. The largest absolute Gasteiger partial charge is 0.392 e. The Morgan fingerprint density at radius 1 is 1.33 bits per heavy atom. The summed E-state index contributed by atoms with van der Waals surface area (Å²) in [6.45, 7) is 3.66. The number of hydrogen-bond donors (Lipinski definition) is 3. The molecule has 1 heterocycles. The first-order chi connectivity index (χ1) is 8.41. The Labute approximate surface area is 109 Å². The molecule has 98 valence electrons. The predicted molar refractivity (Wildman–Crippen MR) is 67.6 cm³/mol. The summed E-state index contributed by atoms with van der Waals surface area (Å²) in [4.78, 5) is 22.8. The van der Waals surface area contributed by atoms with Crippen molar-refractivity contribution in [3.8, 4) is 0 Å². The summed E-state index contributed by atoms with van der Waals surface area (Å²) in [5.74, 6) is -0.933. The van der Waals surface area contributed by atoms with E-state index >= 15 is 0 Å². The highest BCUT2D eigenvalue weighted by Crippen LogP contribution is 2.11. The van der Waals surface area contributed by atoms with Crippen LogP contribution in [0.1, 0.15) is 17.0 Å². The van der Waals surface area contributed by atoms with Gasteiger partial charge in [-0.3, -0.25) is 9.59 Å². The first-order valence-electron chi connectivity index (χ1n) is 5.18. The number of thiocarbonyl (C=S) groups is 1. The molecular weight excluding hydrogens is 256 g/mol. The summed E-state index contributed by atoms with van der Waals surface area (Å²) >= 11 is 4.58. The molecule has 0 saturated carbocycles. The average Bonchev–Trinajstić information content (AvgIpc) is 2.63. The third kappa shape index (κ3) is 3.81. The highest BCUT2D eigenvalue weighted by molar-refractivity contribution is 7.80. The number of carbonyl (C=O) groups is 2. The molecule has 0 saturated heterocycles. The van der Waals surface area contributed by atoms with Gasteiger partial charge in [-0.2, -0.15) is 0 Å². The van der Waals surface area contributed by atoms with Crippen LogP contribution in [0.3, 0.4) is 0 Å². The van der Waals surface area contributed by atoms with Gasteiger partial charge in [-0.25, -0.2) is 0 Å². The Balaban J connectivity index is 2.46. The monoisotopic (exact) mass is 270 g/mol. The second-order valence-electron chi connectivity index (χ2n) is 3.63. The van der Waals surface area contributed by atoms with E-state index in [9.17, 15) is 9.59 Å². The highest BCUT2D eigenvalue weighted by Gasteiger charge is 2.15. The van der Waals surface area contributed by atoms with Gasteiger partial charge in [0.15, 0.2) is 0 Å². The van der Waals surface area contributed by atoms with Crippen molar-refractivity contribution in [1.82, 2.24) is 15.8 Å². The molecule has 8 heteroatoms. The van der Waals surface area contributed by atoms with Crippen LogP contribution in [0.4, 0.5) is 0 Å². The normalized spacial score (nSPS) is 9.89. The lowest BCUT2D eigenvalue weighted by Crippen LogP contribution is -2.42. The Morgan fingerprint density at radius 2 is 1.94 bits per heavy atom. The minimum Gasteiger partial charge on any atom is -0.392 e. The molecule has 0 aromatic carbocycles. The zero-order valence-electron chi connectivity index (χ0n) is 10.1. The SMILES string of the molecule is Cc1noc(C)c1CNC(=O)C(=O)NCC(N)=S. The fourth-order valence-corrected chi connectivity index (χ4v) is 1.32. The van der Waals surface area contributed by atoms with Crippen molar-refractivity contribution in [3.63, 3.8) is 0 Å². The first-order valence-corrected chi connectivity index (χ1v) is 5.58. The summed E-state index contributed by atoms with van der Waals surface area (Å²) < 4.78 is 4.93. The van der Waals surface area contributed by atoms with Gasteiger partial charge in [0.2, 0.25) is 0 Å². The number of nitrogens with zero attached hydrogens (tertiary/aromatic N) is 1. The number of aromatic nitrogens is 1. The van der Waals surface area contributed by atoms with Crippen LogP contribution in [-0.2, 0) is 16.1 Å². The quantitative estimate of drug-likeness (QED) is 0.493. The number of aryl methyl sites for hydroxylation is 2. The van der Waals surface area contributed by atoms with E-state index in [0.717, 1.165) is 5.56 Å². The lowest BCUT2D eigenvalue weighted by atomic mass is 10.2. The molecule has 4 N–H and O–H groups in total. The number of nitrogens with one attached hydrogen (secondary N) is 2. The van der Waals surface area contributed by atoms with Crippen LogP contribution in [0.2, 0.25) is 0 Å². The van der Waals surface area contributed by atoms with Gasteiger partial charge in [0, 0.05) is 12.1 Å². The zero-order valence-corrected chi connectivity index (χ0v) is 10.9. The summed E-state index contributed by atoms with van der Waals surface area (Å²) in [7, 11) is 0. The number of rotatable bonds is 4. The second kappa shape index (κ2) is 6.10. The summed E-state index contributed by atoms with van der Waals surface area (Å²) in [6.07, 6.45) is 0. The molecule has 2 amide bonds. The number of hydrogen-bond acceptors (Lipinski definition) is 5. The molecule has 1 aromatic rings. The third-order valence-electron chi connectivity index (χ3n) is 2.24. The predicted octanol–water partition coefficient (Wildman–Crippen LogP) is -0.690. The number of nitrogens with two attached hydrogens (primary N) is 1. The molecule has 0 aliphatic carbocycles. The van der Waals surface area contributed by atoms with Crippen LogP contribution < -0.4 is 16.4 Å². The van der Waals surface area contributed by atoms with Crippen LogP contribution >= 0.6 is 12.2 Å². The van der Waals surface area contributed by atoms with Crippen LogP contribution in [-0.4, -0.2) is 28.5 Å². The standard InChI is InChI=1S/C10H14N4O3S/c1-5-7(6(2)17-14-5)3-12-9(15)10(16)13-4-8(11)18/h3-4H2,1-2H3,(H2,11,18)(H,12,15)(H,13,16). The summed E-state index contributed by atoms with van der Waals surface area (Å²) in [5, 5.41) is 8.48. The Kier molecular flexibility index (Phi) is 4.78. The van der Waals surface area contributed by atoms with Crippen LogP contribution in [0.25, 0.3) is 0 Å². The fourth-order valence-electron chi connectivity index (χ4n) is 1.25. The Morgan fingerprint density at radius 3 is 2.44 bits per heavy atom. The van der Waals surface area contributed by atoms with Crippen LogP contribution in [0, 0.1) is 13.8 Å². The lowest BCUT2D eigenvalue weighted by Gasteiger charge is -2.05. The van der Waals surface area contributed by atoms with Crippen molar-refractivity contribution in [2.45, 2.75) is 20.4 Å². The van der Waals surface area contributed by atoms with E-state index in [4.69, 9.17) is 10.3 Å². The van der Waals surface area contributed by atoms with E-state index in [2.05, 4.69) is 28.0 Å². The molecule has 0 aliphatic heterocycles. The average molecular weight is 270 g/mol. The molecular formula is C10H14N4O3S. The van der Waals surface area contributed by atoms with Gasteiger partial charge < -0.3 is 20.9 Å². The second-order valence-corrected chi connectivity index (χ2v) is 4.16. The molecule has 0 radical (unpaired) electrons. The van der Waals surface area contributed by atoms with E-state index in [1.54, 1.807) is 13.8 Å². The highest BCUT2D eigenvalue weighted by atomic mass is 32.1. The van der Waals surface area contributed by atoms with E-state index in [1.807, 2.05) is 0 Å². The molecule has 0 fully saturated rings. The van der Waals surface area contributed by atoms with Crippen LogP contribution in [0.5, 0.6) is 0 Å². The van der Waals surface area contributed by atoms with Gasteiger partial charge in [0.25, 0.3) is 0 Å². The molecule has 0 bridgehead atoms. The topological polar surface area (TPSA) is 110 Å². The van der Waals surface area contributed by atoms with Crippen molar-refractivity contribution >= 4 is 29.0 Å². The maximum absolute atomic E-state index is 11.4.